The van der Waals surface area contributed by atoms with E-state index < -0.39 is 0 Å². The maximum absolute atomic E-state index is 12.0. The van der Waals surface area contributed by atoms with Gasteiger partial charge in [0.1, 0.15) is 5.75 Å². The van der Waals surface area contributed by atoms with Crippen molar-refractivity contribution < 1.29 is 14.3 Å². The van der Waals surface area contributed by atoms with Gasteiger partial charge in [0.2, 0.25) is 0 Å². The molecule has 5 heteroatoms. The minimum atomic E-state index is -0.341. The highest BCUT2D eigenvalue weighted by Crippen LogP contribution is 2.12. The molecule has 0 spiro atoms. The molecule has 0 saturated heterocycles. The summed E-state index contributed by atoms with van der Waals surface area (Å²) >= 11 is 0. The molecular weight excluding hydrogens is 244 g/mol. The van der Waals surface area contributed by atoms with Gasteiger partial charge in [-0.25, -0.2) is 0 Å². The topological polar surface area (TPSA) is 51.1 Å². The van der Waals surface area contributed by atoms with E-state index in [2.05, 4.69) is 4.99 Å². The minimum Gasteiger partial charge on any atom is -0.497 e. The summed E-state index contributed by atoms with van der Waals surface area (Å²) in [6.45, 7) is 3.98. The zero-order chi connectivity index (χ0) is 14.4. The van der Waals surface area contributed by atoms with Crippen LogP contribution in [0.1, 0.15) is 24.2 Å². The lowest BCUT2D eigenvalue weighted by Gasteiger charge is -2.23. The average Bonchev–Trinajstić information content (AvgIpc) is 2.43. The van der Waals surface area contributed by atoms with Crippen LogP contribution in [0.5, 0.6) is 5.75 Å². The van der Waals surface area contributed by atoms with Crippen LogP contribution in [0.2, 0.25) is 0 Å². The molecule has 1 aromatic rings. The Labute approximate surface area is 113 Å². The van der Waals surface area contributed by atoms with Crippen LogP contribution in [0.25, 0.3) is 0 Å². The van der Waals surface area contributed by atoms with Crippen molar-refractivity contribution in [2.24, 2.45) is 4.99 Å². The third kappa shape index (κ3) is 3.98. The van der Waals surface area contributed by atoms with Crippen molar-refractivity contribution in [3.8, 4) is 5.75 Å². The summed E-state index contributed by atoms with van der Waals surface area (Å²) in [6.07, 6.45) is 0. The van der Waals surface area contributed by atoms with Crippen molar-refractivity contribution in [3.63, 3.8) is 0 Å². The molecule has 0 atom stereocenters. The summed E-state index contributed by atoms with van der Waals surface area (Å²) in [5.41, 5.74) is 0.493. The van der Waals surface area contributed by atoms with Crippen LogP contribution in [-0.4, -0.2) is 44.1 Å². The van der Waals surface area contributed by atoms with Crippen LogP contribution in [-0.2, 0) is 4.74 Å². The van der Waals surface area contributed by atoms with E-state index in [0.717, 1.165) is 0 Å². The number of ether oxygens (including phenoxy) is 2. The summed E-state index contributed by atoms with van der Waals surface area (Å²) in [6, 6.07) is 7.29. The van der Waals surface area contributed by atoms with E-state index in [4.69, 9.17) is 9.47 Å². The van der Waals surface area contributed by atoms with Gasteiger partial charge in [0.05, 0.1) is 14.2 Å². The van der Waals surface area contributed by atoms with E-state index in [1.807, 2.05) is 20.9 Å². The summed E-state index contributed by atoms with van der Waals surface area (Å²) in [4.78, 5) is 17.8. The third-order valence-corrected chi connectivity index (χ3v) is 2.79. The van der Waals surface area contributed by atoms with Crippen LogP contribution < -0.4 is 4.74 Å². The quantitative estimate of drug-likeness (QED) is 0.620. The Morgan fingerprint density at radius 2 is 1.79 bits per heavy atom. The van der Waals surface area contributed by atoms with E-state index >= 15 is 0 Å². The Bertz CT molecular complexity index is 452. The highest BCUT2D eigenvalue weighted by Gasteiger charge is 2.13. The number of hydrogen-bond acceptors (Lipinski definition) is 3. The number of methoxy groups -OCH3 is 2. The Balaban J connectivity index is 2.91. The maximum atomic E-state index is 12.0. The number of hydrogen-bond donors (Lipinski definition) is 0. The smallest absolute Gasteiger partial charge is 0.295 e. The zero-order valence-corrected chi connectivity index (χ0v) is 12.0. The molecular formula is C14H20N2O3. The second-order valence-corrected chi connectivity index (χ2v) is 4.34. The molecule has 0 unspecified atom stereocenters. The molecule has 5 nitrogen and oxygen atoms in total. The number of carbonyl (C=O) groups is 1. The zero-order valence-electron chi connectivity index (χ0n) is 12.0. The fourth-order valence-corrected chi connectivity index (χ4v) is 1.37. The van der Waals surface area contributed by atoms with E-state index in [1.54, 1.807) is 36.3 Å². The molecule has 0 bridgehead atoms. The summed E-state index contributed by atoms with van der Waals surface area (Å²) in [5.74, 6) is 0.360. The van der Waals surface area contributed by atoms with Gasteiger partial charge in [-0.2, -0.15) is 4.99 Å². The summed E-state index contributed by atoms with van der Waals surface area (Å²) in [7, 11) is 4.91. The first-order valence-electron chi connectivity index (χ1n) is 6.03. The van der Waals surface area contributed by atoms with E-state index in [1.165, 1.54) is 7.11 Å². The minimum absolute atomic E-state index is 0.197. The molecule has 1 rings (SSSR count). The predicted octanol–water partition coefficient (Wildman–Crippen LogP) is 2.18. The number of amidine groups is 1. The van der Waals surface area contributed by atoms with Gasteiger partial charge < -0.3 is 14.4 Å². The van der Waals surface area contributed by atoms with E-state index in [-0.39, 0.29) is 11.9 Å². The summed E-state index contributed by atoms with van der Waals surface area (Å²) < 4.78 is 10.2. The molecule has 0 N–H and O–H groups in total. The lowest BCUT2D eigenvalue weighted by atomic mass is 10.2. The largest absolute Gasteiger partial charge is 0.497 e. The number of benzene rings is 1. The molecule has 0 heterocycles. The molecule has 1 amide bonds. The van der Waals surface area contributed by atoms with E-state index in [0.29, 0.717) is 17.3 Å². The lowest BCUT2D eigenvalue weighted by molar-refractivity contribution is 0.0995. The molecule has 0 radical (unpaired) electrons. The fraction of sp³-hybridized carbons (Fsp3) is 0.429. The second-order valence-electron chi connectivity index (χ2n) is 4.34. The van der Waals surface area contributed by atoms with Gasteiger partial charge in [0.15, 0.2) is 0 Å². The van der Waals surface area contributed by atoms with Gasteiger partial charge in [-0.3, -0.25) is 4.79 Å². The first-order chi connectivity index (χ1) is 8.99. The molecule has 0 saturated carbocycles. The summed E-state index contributed by atoms with van der Waals surface area (Å²) in [5, 5.41) is 0. The van der Waals surface area contributed by atoms with Crippen LogP contribution in [0.15, 0.2) is 29.3 Å². The van der Waals surface area contributed by atoms with E-state index in [9.17, 15) is 4.79 Å². The molecule has 104 valence electrons. The molecule has 19 heavy (non-hydrogen) atoms. The third-order valence-electron chi connectivity index (χ3n) is 2.79. The Kier molecular flexibility index (Phi) is 5.36. The van der Waals surface area contributed by atoms with Crippen LogP contribution in [0, 0.1) is 0 Å². The monoisotopic (exact) mass is 264 g/mol. The molecule has 0 fully saturated rings. The van der Waals surface area contributed by atoms with Crippen LogP contribution >= 0.6 is 0 Å². The number of nitrogens with zero attached hydrogens (tertiary/aromatic N) is 2. The highest BCUT2D eigenvalue weighted by molar-refractivity contribution is 6.01. The van der Waals surface area contributed by atoms with Gasteiger partial charge in [-0.15, -0.1) is 0 Å². The maximum Gasteiger partial charge on any atom is 0.295 e. The number of aliphatic imine (C=N–C) groups is 1. The van der Waals surface area contributed by atoms with Crippen molar-refractivity contribution in [1.29, 1.82) is 0 Å². The van der Waals surface area contributed by atoms with Gasteiger partial charge in [-0.1, -0.05) is 0 Å². The van der Waals surface area contributed by atoms with Crippen molar-refractivity contribution in [3.05, 3.63) is 29.8 Å². The molecule has 0 aliphatic rings. The van der Waals surface area contributed by atoms with Crippen molar-refractivity contribution >= 4 is 11.9 Å². The van der Waals surface area contributed by atoms with Gasteiger partial charge in [0, 0.05) is 18.7 Å². The van der Waals surface area contributed by atoms with Crippen LogP contribution in [0.3, 0.4) is 0 Å². The second kappa shape index (κ2) is 6.78. The number of amides is 1. The van der Waals surface area contributed by atoms with Gasteiger partial charge in [-0.05, 0) is 38.1 Å². The Morgan fingerprint density at radius 1 is 1.21 bits per heavy atom. The standard InChI is InChI=1S/C14H20N2O3/c1-10(2)16(3)14(19-5)15-13(17)11-6-8-12(18-4)9-7-11/h6-10H,1-5H3. The Hall–Kier alpha value is -2.04. The first kappa shape index (κ1) is 15.0. The Morgan fingerprint density at radius 3 is 2.21 bits per heavy atom. The van der Waals surface area contributed by atoms with Crippen LogP contribution in [0.4, 0.5) is 0 Å². The number of carbonyl (C=O) groups excluding carboxylic acids is 1. The molecule has 0 aliphatic heterocycles. The van der Waals surface area contributed by atoms with Crippen molar-refractivity contribution in [1.82, 2.24) is 4.90 Å². The number of rotatable bonds is 3. The lowest BCUT2D eigenvalue weighted by Crippen LogP contribution is -2.34. The molecule has 1 aromatic carbocycles. The van der Waals surface area contributed by atoms with Gasteiger partial charge >= 0.3 is 0 Å². The average molecular weight is 264 g/mol. The fourth-order valence-electron chi connectivity index (χ4n) is 1.37. The van der Waals surface area contributed by atoms with Crippen molar-refractivity contribution in [2.75, 3.05) is 21.3 Å². The predicted molar refractivity (Wildman–Crippen MR) is 74.7 cm³/mol. The first-order valence-corrected chi connectivity index (χ1v) is 6.03. The van der Waals surface area contributed by atoms with Crippen molar-refractivity contribution in [2.45, 2.75) is 19.9 Å². The van der Waals surface area contributed by atoms with Gasteiger partial charge in [0.25, 0.3) is 11.9 Å². The normalized spacial score (nSPS) is 11.4. The molecule has 0 aliphatic carbocycles. The highest BCUT2D eigenvalue weighted by atomic mass is 16.5. The molecule has 0 aromatic heterocycles. The SMILES string of the molecule is COC(=NC(=O)c1ccc(OC)cc1)N(C)C(C)C.